The number of likely N-dealkylation sites (tertiary alicyclic amines) is 1. The fraction of sp³-hybridized carbons (Fsp3) is 0.533. The minimum absolute atomic E-state index is 0.0251. The van der Waals surface area contributed by atoms with Gasteiger partial charge in [-0.3, -0.25) is 4.90 Å². The molecule has 0 saturated carbocycles. The van der Waals surface area contributed by atoms with Crippen molar-refractivity contribution in [2.75, 3.05) is 19.7 Å². The number of benzene rings is 1. The van der Waals surface area contributed by atoms with Gasteiger partial charge in [0, 0.05) is 19.6 Å². The van der Waals surface area contributed by atoms with E-state index in [1.807, 2.05) is 6.07 Å². The first-order valence-corrected chi connectivity index (χ1v) is 6.85. The zero-order valence-corrected chi connectivity index (χ0v) is 11.6. The van der Waals surface area contributed by atoms with E-state index in [0.717, 1.165) is 38.0 Å². The van der Waals surface area contributed by atoms with E-state index in [0.29, 0.717) is 5.56 Å². The number of ether oxygens (including phenoxy) is 1. The molecule has 1 aromatic rings. The minimum Gasteiger partial charge on any atom is -0.480 e. The number of piperidine rings is 1. The van der Waals surface area contributed by atoms with E-state index in [2.05, 4.69) is 4.90 Å². The standard InChI is InChI=1S/C15H20FNO3/c1-11-2-3-12(8-14(11)16)9-17-6-4-13(5-7-17)20-10-15(18)19/h2-3,8,13H,4-7,9-10H2,1H3,(H,18,19). The number of aryl methyl sites for hydroxylation is 1. The Morgan fingerprint density at radius 1 is 1.45 bits per heavy atom. The van der Waals surface area contributed by atoms with Crippen LogP contribution in [0.5, 0.6) is 0 Å². The number of carboxylic acid groups (broad SMARTS) is 1. The number of halogens is 1. The number of carboxylic acids is 1. The highest BCUT2D eigenvalue weighted by Crippen LogP contribution is 2.17. The molecule has 5 heteroatoms. The minimum atomic E-state index is -0.928. The van der Waals surface area contributed by atoms with E-state index in [1.165, 1.54) is 0 Å². The van der Waals surface area contributed by atoms with Crippen LogP contribution in [0.25, 0.3) is 0 Å². The number of hydrogen-bond acceptors (Lipinski definition) is 3. The Labute approximate surface area is 118 Å². The van der Waals surface area contributed by atoms with Crippen molar-refractivity contribution in [3.8, 4) is 0 Å². The molecule has 1 N–H and O–H groups in total. The lowest BCUT2D eigenvalue weighted by Crippen LogP contribution is -2.37. The van der Waals surface area contributed by atoms with Crippen LogP contribution in [0.2, 0.25) is 0 Å². The SMILES string of the molecule is Cc1ccc(CN2CCC(OCC(=O)O)CC2)cc1F. The Hall–Kier alpha value is -1.46. The Morgan fingerprint density at radius 2 is 2.15 bits per heavy atom. The van der Waals surface area contributed by atoms with E-state index in [-0.39, 0.29) is 18.5 Å². The van der Waals surface area contributed by atoms with E-state index < -0.39 is 5.97 Å². The summed E-state index contributed by atoms with van der Waals surface area (Å²) >= 11 is 0. The van der Waals surface area contributed by atoms with Gasteiger partial charge in [-0.1, -0.05) is 12.1 Å². The monoisotopic (exact) mass is 281 g/mol. The lowest BCUT2D eigenvalue weighted by Gasteiger charge is -2.31. The third-order valence-electron chi connectivity index (χ3n) is 3.62. The highest BCUT2D eigenvalue weighted by molar-refractivity contribution is 5.68. The molecular weight excluding hydrogens is 261 g/mol. The van der Waals surface area contributed by atoms with Crippen molar-refractivity contribution in [2.45, 2.75) is 32.4 Å². The molecule has 1 aliphatic heterocycles. The second-order valence-electron chi connectivity index (χ2n) is 5.26. The van der Waals surface area contributed by atoms with Gasteiger partial charge >= 0.3 is 5.97 Å². The Morgan fingerprint density at radius 3 is 2.75 bits per heavy atom. The molecule has 0 radical (unpaired) electrons. The molecule has 0 aromatic heterocycles. The molecule has 1 aromatic carbocycles. The smallest absolute Gasteiger partial charge is 0.329 e. The molecule has 1 fully saturated rings. The van der Waals surface area contributed by atoms with Crippen LogP contribution in [0.4, 0.5) is 4.39 Å². The zero-order valence-electron chi connectivity index (χ0n) is 11.6. The molecule has 0 bridgehead atoms. The molecule has 0 spiro atoms. The summed E-state index contributed by atoms with van der Waals surface area (Å²) in [7, 11) is 0. The van der Waals surface area contributed by atoms with Crippen molar-refractivity contribution in [2.24, 2.45) is 0 Å². The molecule has 2 rings (SSSR count). The average Bonchev–Trinajstić information content (AvgIpc) is 2.42. The lowest BCUT2D eigenvalue weighted by molar-refractivity contribution is -0.145. The van der Waals surface area contributed by atoms with Crippen molar-refractivity contribution in [1.82, 2.24) is 4.90 Å². The predicted octanol–water partition coefficient (Wildman–Crippen LogP) is 2.20. The Bertz CT molecular complexity index is 470. The van der Waals surface area contributed by atoms with Crippen LogP contribution in [0, 0.1) is 12.7 Å². The van der Waals surface area contributed by atoms with Gasteiger partial charge < -0.3 is 9.84 Å². The predicted molar refractivity (Wildman–Crippen MR) is 73.0 cm³/mol. The van der Waals surface area contributed by atoms with E-state index in [1.54, 1.807) is 19.1 Å². The van der Waals surface area contributed by atoms with Crippen molar-refractivity contribution in [3.05, 3.63) is 35.1 Å². The molecule has 4 nitrogen and oxygen atoms in total. The van der Waals surface area contributed by atoms with Crippen LogP contribution in [0.15, 0.2) is 18.2 Å². The van der Waals surface area contributed by atoms with Crippen LogP contribution >= 0.6 is 0 Å². The second-order valence-corrected chi connectivity index (χ2v) is 5.26. The first-order chi connectivity index (χ1) is 9.54. The maximum Gasteiger partial charge on any atom is 0.329 e. The van der Waals surface area contributed by atoms with Crippen LogP contribution < -0.4 is 0 Å². The molecule has 110 valence electrons. The maximum atomic E-state index is 13.5. The van der Waals surface area contributed by atoms with Gasteiger partial charge in [0.1, 0.15) is 12.4 Å². The molecule has 20 heavy (non-hydrogen) atoms. The molecule has 1 heterocycles. The summed E-state index contributed by atoms with van der Waals surface area (Å²) in [5.74, 6) is -1.09. The van der Waals surface area contributed by atoms with Crippen molar-refractivity contribution >= 4 is 5.97 Å². The highest BCUT2D eigenvalue weighted by Gasteiger charge is 2.20. The van der Waals surface area contributed by atoms with Crippen LogP contribution in [0.3, 0.4) is 0 Å². The summed E-state index contributed by atoms with van der Waals surface area (Å²) in [6, 6.07) is 5.33. The fourth-order valence-electron chi connectivity index (χ4n) is 2.42. The van der Waals surface area contributed by atoms with Crippen LogP contribution in [-0.4, -0.2) is 41.8 Å². The average molecular weight is 281 g/mol. The molecule has 1 saturated heterocycles. The summed E-state index contributed by atoms with van der Waals surface area (Å²) in [5, 5.41) is 8.57. The van der Waals surface area contributed by atoms with E-state index in [9.17, 15) is 9.18 Å². The van der Waals surface area contributed by atoms with Gasteiger partial charge in [0.15, 0.2) is 0 Å². The third-order valence-corrected chi connectivity index (χ3v) is 3.62. The summed E-state index contributed by atoms with van der Waals surface area (Å²) in [5.41, 5.74) is 1.63. The first kappa shape index (κ1) is 14.9. The fourth-order valence-corrected chi connectivity index (χ4v) is 2.42. The van der Waals surface area contributed by atoms with E-state index in [4.69, 9.17) is 9.84 Å². The molecular formula is C15H20FNO3. The van der Waals surface area contributed by atoms with Gasteiger partial charge in [0.2, 0.25) is 0 Å². The number of aliphatic carboxylic acids is 1. The molecule has 0 aliphatic carbocycles. The summed E-state index contributed by atoms with van der Waals surface area (Å²) < 4.78 is 18.8. The lowest BCUT2D eigenvalue weighted by atomic mass is 10.1. The molecule has 1 aliphatic rings. The van der Waals surface area contributed by atoms with Gasteiger partial charge in [-0.15, -0.1) is 0 Å². The third kappa shape index (κ3) is 4.28. The number of carbonyl (C=O) groups is 1. The normalized spacial score (nSPS) is 17.3. The highest BCUT2D eigenvalue weighted by atomic mass is 19.1. The number of nitrogens with zero attached hydrogens (tertiary/aromatic N) is 1. The van der Waals surface area contributed by atoms with Gasteiger partial charge in [0.05, 0.1) is 6.10 Å². The number of hydrogen-bond donors (Lipinski definition) is 1. The van der Waals surface area contributed by atoms with Crippen molar-refractivity contribution < 1.29 is 19.0 Å². The number of rotatable bonds is 5. The Balaban J connectivity index is 1.79. The van der Waals surface area contributed by atoms with Gasteiger partial charge in [-0.05, 0) is 37.0 Å². The van der Waals surface area contributed by atoms with Crippen LogP contribution in [0.1, 0.15) is 24.0 Å². The Kier molecular flexibility index (Phi) is 5.09. The quantitative estimate of drug-likeness (QED) is 0.899. The summed E-state index contributed by atoms with van der Waals surface area (Å²) in [6.45, 7) is 3.95. The summed E-state index contributed by atoms with van der Waals surface area (Å²) in [6.07, 6.45) is 1.67. The second kappa shape index (κ2) is 6.81. The maximum absolute atomic E-state index is 13.5. The van der Waals surface area contributed by atoms with Gasteiger partial charge in [-0.25, -0.2) is 9.18 Å². The topological polar surface area (TPSA) is 49.8 Å². The largest absolute Gasteiger partial charge is 0.480 e. The molecule has 0 atom stereocenters. The van der Waals surface area contributed by atoms with E-state index >= 15 is 0 Å². The van der Waals surface area contributed by atoms with Crippen molar-refractivity contribution in [3.63, 3.8) is 0 Å². The van der Waals surface area contributed by atoms with Gasteiger partial charge in [-0.2, -0.15) is 0 Å². The van der Waals surface area contributed by atoms with Crippen LogP contribution in [-0.2, 0) is 16.1 Å². The summed E-state index contributed by atoms with van der Waals surface area (Å²) in [4.78, 5) is 12.7. The van der Waals surface area contributed by atoms with Gasteiger partial charge in [0.25, 0.3) is 0 Å². The first-order valence-electron chi connectivity index (χ1n) is 6.85. The van der Waals surface area contributed by atoms with Crippen molar-refractivity contribution in [1.29, 1.82) is 0 Å². The molecule has 0 unspecified atom stereocenters. The zero-order chi connectivity index (χ0) is 14.5. The molecule has 0 amide bonds.